The van der Waals surface area contributed by atoms with Crippen LogP contribution in [0.5, 0.6) is 0 Å². The fourth-order valence-corrected chi connectivity index (χ4v) is 9.16. The summed E-state index contributed by atoms with van der Waals surface area (Å²) in [6.07, 6.45) is 6.58. The Morgan fingerprint density at radius 3 is 2.60 bits per heavy atom. The second-order valence-corrected chi connectivity index (χ2v) is 13.5. The SMILES string of the molecule is C[C@]12CCC(=O)C=C1CC[C@H]1[C@H]2[C@@H](O)C[C@@]2(C)[C@@H]1CC[C@]2(O)C(=O)CC(=O)CCC(=O)N[C@@H]1CCCCNC1=O. The van der Waals surface area contributed by atoms with Crippen molar-refractivity contribution < 1.29 is 34.2 Å². The molecule has 0 unspecified atom stereocenters. The minimum absolute atomic E-state index is 0.0215. The molecule has 40 heavy (non-hydrogen) atoms. The van der Waals surface area contributed by atoms with Crippen LogP contribution in [0.15, 0.2) is 11.6 Å². The van der Waals surface area contributed by atoms with Crippen molar-refractivity contribution in [2.45, 2.75) is 115 Å². The van der Waals surface area contributed by atoms with E-state index in [1.807, 2.05) is 6.92 Å². The minimum Gasteiger partial charge on any atom is -0.393 e. The highest BCUT2D eigenvalue weighted by molar-refractivity contribution is 6.04. The number of fused-ring (bicyclic) bond motifs is 5. The number of Topliss-reactive ketones (excluding diaryl/α,β-unsaturated/α-hetero) is 2. The first-order chi connectivity index (χ1) is 18.9. The molecule has 0 aromatic carbocycles. The van der Waals surface area contributed by atoms with Crippen molar-refractivity contribution >= 4 is 29.2 Å². The molecule has 0 bridgehead atoms. The monoisotopic (exact) mass is 556 g/mol. The molecule has 1 aliphatic heterocycles. The third kappa shape index (κ3) is 4.87. The van der Waals surface area contributed by atoms with E-state index >= 15 is 0 Å². The fourth-order valence-electron chi connectivity index (χ4n) is 9.16. The van der Waals surface area contributed by atoms with E-state index < -0.39 is 47.1 Å². The highest BCUT2D eigenvalue weighted by atomic mass is 16.3. The van der Waals surface area contributed by atoms with E-state index in [0.29, 0.717) is 25.8 Å². The highest BCUT2D eigenvalue weighted by Gasteiger charge is 2.68. The van der Waals surface area contributed by atoms with Crippen LogP contribution < -0.4 is 10.6 Å². The van der Waals surface area contributed by atoms with Gasteiger partial charge in [0.1, 0.15) is 17.4 Å². The number of carbonyl (C=O) groups is 5. The van der Waals surface area contributed by atoms with Crippen molar-refractivity contribution in [2.24, 2.45) is 28.6 Å². The molecule has 2 amide bonds. The summed E-state index contributed by atoms with van der Waals surface area (Å²) >= 11 is 0. The van der Waals surface area contributed by atoms with Crippen molar-refractivity contribution in [1.82, 2.24) is 10.6 Å². The van der Waals surface area contributed by atoms with E-state index in [2.05, 4.69) is 17.6 Å². The average Bonchev–Trinajstić information content (AvgIpc) is 3.02. The molecule has 9 nitrogen and oxygen atoms in total. The number of hydrogen-bond donors (Lipinski definition) is 4. The lowest BCUT2D eigenvalue weighted by atomic mass is 9.45. The Morgan fingerprint density at radius 1 is 1.05 bits per heavy atom. The van der Waals surface area contributed by atoms with Gasteiger partial charge in [0.15, 0.2) is 11.6 Å². The fraction of sp³-hybridized carbons (Fsp3) is 0.774. The van der Waals surface area contributed by atoms with Crippen LogP contribution in [0.4, 0.5) is 0 Å². The van der Waals surface area contributed by atoms with Gasteiger partial charge in [-0.3, -0.25) is 24.0 Å². The van der Waals surface area contributed by atoms with Crippen LogP contribution in [0.25, 0.3) is 0 Å². The van der Waals surface area contributed by atoms with Crippen molar-refractivity contribution in [3.8, 4) is 0 Å². The lowest BCUT2D eigenvalue weighted by molar-refractivity contribution is -0.180. The van der Waals surface area contributed by atoms with Gasteiger partial charge in [0.25, 0.3) is 0 Å². The summed E-state index contributed by atoms with van der Waals surface area (Å²) in [5, 5.41) is 28.8. The van der Waals surface area contributed by atoms with E-state index in [1.165, 1.54) is 0 Å². The lowest BCUT2D eigenvalue weighted by Crippen LogP contribution is -2.61. The van der Waals surface area contributed by atoms with E-state index in [1.54, 1.807) is 6.08 Å². The zero-order chi connectivity index (χ0) is 28.9. The average molecular weight is 557 g/mol. The molecule has 1 saturated heterocycles. The molecule has 220 valence electrons. The number of aliphatic hydroxyl groups is 2. The predicted octanol–water partition coefficient (Wildman–Crippen LogP) is 2.31. The van der Waals surface area contributed by atoms with Crippen LogP contribution in [-0.2, 0) is 24.0 Å². The summed E-state index contributed by atoms with van der Waals surface area (Å²) in [5.41, 5.74) is -1.68. The van der Waals surface area contributed by atoms with Crippen molar-refractivity contribution in [1.29, 1.82) is 0 Å². The quantitative estimate of drug-likeness (QED) is 0.352. The number of nitrogens with one attached hydrogen (secondary N) is 2. The van der Waals surface area contributed by atoms with Crippen molar-refractivity contribution in [2.75, 3.05) is 6.54 Å². The molecule has 1 heterocycles. The van der Waals surface area contributed by atoms with Gasteiger partial charge in [-0.05, 0) is 87.0 Å². The van der Waals surface area contributed by atoms with Crippen LogP contribution in [0.2, 0.25) is 0 Å². The number of rotatable bonds is 7. The molecule has 0 radical (unpaired) electrons. The Morgan fingerprint density at radius 2 is 1.82 bits per heavy atom. The van der Waals surface area contributed by atoms with Crippen LogP contribution in [0, 0.1) is 28.6 Å². The van der Waals surface area contributed by atoms with Gasteiger partial charge in [0.05, 0.1) is 12.5 Å². The maximum Gasteiger partial charge on any atom is 0.242 e. The number of amides is 2. The zero-order valence-corrected chi connectivity index (χ0v) is 23.8. The number of aliphatic hydroxyl groups excluding tert-OH is 1. The number of allylic oxidation sites excluding steroid dienone is 1. The molecule has 0 aromatic rings. The lowest BCUT2D eigenvalue weighted by Gasteiger charge is -2.60. The van der Waals surface area contributed by atoms with E-state index in [9.17, 15) is 34.2 Å². The molecule has 3 saturated carbocycles. The van der Waals surface area contributed by atoms with Crippen LogP contribution in [-0.4, -0.2) is 63.7 Å². The molecule has 0 aromatic heterocycles. The van der Waals surface area contributed by atoms with Crippen molar-refractivity contribution in [3.63, 3.8) is 0 Å². The van der Waals surface area contributed by atoms with Crippen LogP contribution in [0.3, 0.4) is 0 Å². The smallest absolute Gasteiger partial charge is 0.242 e. The predicted molar refractivity (Wildman–Crippen MR) is 146 cm³/mol. The van der Waals surface area contributed by atoms with E-state index in [-0.39, 0.29) is 60.5 Å². The van der Waals surface area contributed by atoms with Crippen molar-refractivity contribution in [3.05, 3.63) is 11.6 Å². The summed E-state index contributed by atoms with van der Waals surface area (Å²) < 4.78 is 0. The summed E-state index contributed by atoms with van der Waals surface area (Å²) in [6.45, 7) is 4.65. The second kappa shape index (κ2) is 10.8. The number of ketones is 3. The van der Waals surface area contributed by atoms with Gasteiger partial charge in [-0.25, -0.2) is 0 Å². The van der Waals surface area contributed by atoms with Gasteiger partial charge < -0.3 is 20.8 Å². The van der Waals surface area contributed by atoms with Gasteiger partial charge in [-0.2, -0.15) is 0 Å². The summed E-state index contributed by atoms with van der Waals surface area (Å²) in [7, 11) is 0. The summed E-state index contributed by atoms with van der Waals surface area (Å²) in [5.74, 6) is -1.25. The van der Waals surface area contributed by atoms with Crippen LogP contribution in [0.1, 0.15) is 97.3 Å². The molecule has 9 heteroatoms. The Balaban J connectivity index is 1.22. The molecule has 8 atom stereocenters. The molecule has 5 aliphatic rings. The van der Waals surface area contributed by atoms with Gasteiger partial charge in [-0.15, -0.1) is 0 Å². The maximum absolute atomic E-state index is 13.5. The van der Waals surface area contributed by atoms with Gasteiger partial charge in [-0.1, -0.05) is 19.4 Å². The minimum atomic E-state index is -1.71. The number of carbonyl (C=O) groups excluding carboxylic acids is 5. The van der Waals surface area contributed by atoms with Gasteiger partial charge in [0, 0.05) is 31.2 Å². The van der Waals surface area contributed by atoms with Gasteiger partial charge >= 0.3 is 0 Å². The van der Waals surface area contributed by atoms with Gasteiger partial charge in [0.2, 0.25) is 11.8 Å². The molecule has 4 fully saturated rings. The Hall–Kier alpha value is -2.39. The Labute approximate surface area is 235 Å². The Bertz CT molecular complexity index is 1130. The molecular formula is C31H44N2O7. The first kappa shape index (κ1) is 29.1. The largest absolute Gasteiger partial charge is 0.393 e. The molecular weight excluding hydrogens is 512 g/mol. The second-order valence-electron chi connectivity index (χ2n) is 13.5. The summed E-state index contributed by atoms with van der Waals surface area (Å²) in [4.78, 5) is 62.9. The topological polar surface area (TPSA) is 150 Å². The first-order valence-corrected chi connectivity index (χ1v) is 15.2. The summed E-state index contributed by atoms with van der Waals surface area (Å²) in [6, 6.07) is -0.605. The first-order valence-electron chi connectivity index (χ1n) is 15.2. The molecule has 4 aliphatic carbocycles. The molecule has 0 spiro atoms. The zero-order valence-electron chi connectivity index (χ0n) is 23.8. The Kier molecular flexibility index (Phi) is 7.85. The third-order valence-corrected chi connectivity index (χ3v) is 11.4. The van der Waals surface area contributed by atoms with E-state index in [4.69, 9.17) is 0 Å². The maximum atomic E-state index is 13.5. The highest BCUT2D eigenvalue weighted by Crippen LogP contribution is 2.67. The standard InChI is InChI=1S/C31H44N2O7/c1-29-12-10-20(35)15-18(29)6-8-21-22-11-13-31(40,30(22,2)17-24(36)27(21)29)25(37)16-19(34)7-9-26(38)33-23-5-3-4-14-32-28(23)39/h15,21-24,27,36,40H,3-14,16-17H2,1-2H3,(H,32,39)(H,33,38)/t21-,22-,23-,24+,27+,29+,30+,31+/m1/s1. The third-order valence-electron chi connectivity index (χ3n) is 11.4. The van der Waals surface area contributed by atoms with E-state index in [0.717, 1.165) is 37.7 Å². The van der Waals surface area contributed by atoms with Crippen LogP contribution >= 0.6 is 0 Å². The molecule has 5 rings (SSSR count). The normalized spacial score (nSPS) is 41.0. The number of hydrogen-bond acceptors (Lipinski definition) is 7. The molecule has 4 N–H and O–H groups in total.